The van der Waals surface area contributed by atoms with E-state index in [9.17, 15) is 4.79 Å². The minimum Gasteiger partial charge on any atom is -0.444 e. The van der Waals surface area contributed by atoms with Crippen LogP contribution in [0.1, 0.15) is 46.5 Å². The van der Waals surface area contributed by atoms with E-state index < -0.39 is 5.60 Å². The van der Waals surface area contributed by atoms with Gasteiger partial charge in [-0.25, -0.2) is 4.79 Å². The van der Waals surface area contributed by atoms with Gasteiger partial charge in [0.25, 0.3) is 0 Å². The molecule has 0 radical (unpaired) electrons. The summed E-state index contributed by atoms with van der Waals surface area (Å²) in [5.41, 5.74) is 5.80. The molecule has 0 aromatic heterocycles. The third-order valence-corrected chi connectivity index (χ3v) is 4.06. The molecule has 2 bridgehead atoms. The van der Waals surface area contributed by atoms with Crippen molar-refractivity contribution in [3.05, 3.63) is 0 Å². The molecule has 2 aliphatic heterocycles. The number of carbonyl (C=O) groups excluding carboxylic acids is 1. The Morgan fingerprint density at radius 2 is 1.78 bits per heavy atom. The molecule has 1 atom stereocenters. The van der Waals surface area contributed by atoms with Crippen LogP contribution in [0.15, 0.2) is 0 Å². The summed E-state index contributed by atoms with van der Waals surface area (Å²) in [5, 5.41) is 0. The van der Waals surface area contributed by atoms with Crippen molar-refractivity contribution in [1.29, 1.82) is 0 Å². The molecule has 3 rings (SSSR count). The molecule has 0 aromatic carbocycles. The van der Waals surface area contributed by atoms with Gasteiger partial charge in [0, 0.05) is 19.1 Å². The SMILES string of the molecule is CC(C)(C)OC(=O)N1CC2CCC(CC2)C(N)C1. The number of ether oxygens (including phenoxy) is 1. The molecule has 18 heavy (non-hydrogen) atoms. The number of carbonyl (C=O) groups is 1. The van der Waals surface area contributed by atoms with Crippen molar-refractivity contribution in [2.75, 3.05) is 13.1 Å². The van der Waals surface area contributed by atoms with E-state index in [0.29, 0.717) is 18.4 Å². The Labute approximate surface area is 110 Å². The lowest BCUT2D eigenvalue weighted by Gasteiger charge is -2.41. The second-order valence-electron chi connectivity index (χ2n) is 6.83. The quantitative estimate of drug-likeness (QED) is 0.722. The fourth-order valence-electron chi connectivity index (χ4n) is 3.06. The lowest BCUT2D eigenvalue weighted by atomic mass is 9.76. The maximum atomic E-state index is 12.1. The lowest BCUT2D eigenvalue weighted by molar-refractivity contribution is 0.0117. The van der Waals surface area contributed by atoms with Gasteiger partial charge in [-0.15, -0.1) is 0 Å². The highest BCUT2D eigenvalue weighted by molar-refractivity contribution is 5.68. The van der Waals surface area contributed by atoms with E-state index >= 15 is 0 Å². The zero-order chi connectivity index (χ0) is 13.3. The monoisotopic (exact) mass is 254 g/mol. The summed E-state index contributed by atoms with van der Waals surface area (Å²) in [7, 11) is 0. The van der Waals surface area contributed by atoms with E-state index in [4.69, 9.17) is 10.5 Å². The van der Waals surface area contributed by atoms with Crippen molar-refractivity contribution in [2.24, 2.45) is 17.6 Å². The van der Waals surface area contributed by atoms with Crippen LogP contribution in [0.3, 0.4) is 0 Å². The van der Waals surface area contributed by atoms with Crippen molar-refractivity contribution >= 4 is 6.09 Å². The Hall–Kier alpha value is -0.770. The van der Waals surface area contributed by atoms with Gasteiger partial charge in [-0.05, 0) is 58.3 Å². The van der Waals surface area contributed by atoms with E-state index in [1.54, 1.807) is 0 Å². The summed E-state index contributed by atoms with van der Waals surface area (Å²) in [4.78, 5) is 14.0. The number of amides is 1. The summed E-state index contributed by atoms with van der Waals surface area (Å²) in [5.74, 6) is 1.23. The largest absolute Gasteiger partial charge is 0.444 e. The first-order chi connectivity index (χ1) is 8.35. The molecule has 1 unspecified atom stereocenters. The number of hydrogen-bond donors (Lipinski definition) is 1. The fraction of sp³-hybridized carbons (Fsp3) is 0.929. The molecule has 4 nitrogen and oxygen atoms in total. The van der Waals surface area contributed by atoms with Gasteiger partial charge in [-0.2, -0.15) is 0 Å². The smallest absolute Gasteiger partial charge is 0.410 e. The second-order valence-corrected chi connectivity index (χ2v) is 6.83. The van der Waals surface area contributed by atoms with E-state index in [2.05, 4.69) is 0 Å². The molecule has 0 aromatic rings. The highest BCUT2D eigenvalue weighted by Crippen LogP contribution is 2.33. The highest BCUT2D eigenvalue weighted by Gasteiger charge is 2.34. The van der Waals surface area contributed by atoms with Crippen molar-refractivity contribution in [2.45, 2.75) is 58.1 Å². The van der Waals surface area contributed by atoms with Gasteiger partial charge in [0.15, 0.2) is 0 Å². The van der Waals surface area contributed by atoms with Crippen LogP contribution in [0.4, 0.5) is 4.79 Å². The molecule has 1 aliphatic carbocycles. The summed E-state index contributed by atoms with van der Waals surface area (Å²) in [6.45, 7) is 7.18. The predicted molar refractivity (Wildman–Crippen MR) is 71.2 cm³/mol. The summed E-state index contributed by atoms with van der Waals surface area (Å²) in [6, 6.07) is 0.110. The first kappa shape index (κ1) is 13.7. The average Bonchev–Trinajstić information content (AvgIpc) is 2.23. The molecular formula is C14H26N2O2. The maximum Gasteiger partial charge on any atom is 0.410 e. The molecule has 104 valence electrons. The first-order valence-electron chi connectivity index (χ1n) is 7.08. The third-order valence-electron chi connectivity index (χ3n) is 4.06. The zero-order valence-electron chi connectivity index (χ0n) is 11.8. The Kier molecular flexibility index (Phi) is 3.85. The molecule has 4 heteroatoms. The highest BCUT2D eigenvalue weighted by atomic mass is 16.6. The molecule has 1 amide bonds. The van der Waals surface area contributed by atoms with Crippen molar-refractivity contribution in [3.63, 3.8) is 0 Å². The Balaban J connectivity index is 2.01. The van der Waals surface area contributed by atoms with Gasteiger partial charge in [-0.1, -0.05) is 0 Å². The van der Waals surface area contributed by atoms with Crippen molar-refractivity contribution < 1.29 is 9.53 Å². The van der Waals surface area contributed by atoms with E-state index in [1.165, 1.54) is 25.7 Å². The molecule has 0 spiro atoms. The second kappa shape index (κ2) is 5.08. The fourth-order valence-corrected chi connectivity index (χ4v) is 3.06. The van der Waals surface area contributed by atoms with Crippen LogP contribution in [-0.4, -0.2) is 35.7 Å². The van der Waals surface area contributed by atoms with E-state index in [-0.39, 0.29) is 12.1 Å². The Morgan fingerprint density at radius 1 is 1.17 bits per heavy atom. The van der Waals surface area contributed by atoms with Crippen LogP contribution < -0.4 is 5.73 Å². The topological polar surface area (TPSA) is 55.6 Å². The average molecular weight is 254 g/mol. The van der Waals surface area contributed by atoms with Crippen LogP contribution >= 0.6 is 0 Å². The van der Waals surface area contributed by atoms with Gasteiger partial charge in [0.1, 0.15) is 5.60 Å². The number of rotatable bonds is 0. The normalized spacial score (nSPS) is 32.9. The van der Waals surface area contributed by atoms with Crippen LogP contribution in [0.5, 0.6) is 0 Å². The van der Waals surface area contributed by atoms with E-state index in [1.807, 2.05) is 25.7 Å². The molecule has 3 fully saturated rings. The van der Waals surface area contributed by atoms with Gasteiger partial charge in [-0.3, -0.25) is 0 Å². The maximum absolute atomic E-state index is 12.1. The molecule has 1 saturated carbocycles. The van der Waals surface area contributed by atoms with Gasteiger partial charge < -0.3 is 15.4 Å². The van der Waals surface area contributed by atoms with Crippen LogP contribution in [0.25, 0.3) is 0 Å². The summed E-state index contributed by atoms with van der Waals surface area (Å²) >= 11 is 0. The Bertz CT molecular complexity index is 301. The molecule has 2 heterocycles. The lowest BCUT2D eigenvalue weighted by Crippen LogP contribution is -2.51. The predicted octanol–water partition coefficient (Wildman–Crippen LogP) is 2.37. The molecular weight excluding hydrogens is 228 g/mol. The first-order valence-corrected chi connectivity index (χ1v) is 7.08. The minimum atomic E-state index is -0.428. The van der Waals surface area contributed by atoms with Gasteiger partial charge in [0.2, 0.25) is 0 Å². The van der Waals surface area contributed by atoms with Crippen molar-refractivity contribution in [3.8, 4) is 0 Å². The third kappa shape index (κ3) is 3.37. The van der Waals surface area contributed by atoms with Crippen molar-refractivity contribution in [1.82, 2.24) is 4.90 Å². The molecule has 2 saturated heterocycles. The standard InChI is InChI=1S/C14H26N2O2/c1-14(2,3)18-13(17)16-8-10-4-6-11(7-5-10)12(15)9-16/h10-12H,4-9,15H2,1-3H3. The molecule has 2 N–H and O–H groups in total. The number of hydrogen-bond acceptors (Lipinski definition) is 3. The van der Waals surface area contributed by atoms with Crippen LogP contribution in [-0.2, 0) is 4.74 Å². The minimum absolute atomic E-state index is 0.110. The van der Waals surface area contributed by atoms with Crippen LogP contribution in [0.2, 0.25) is 0 Å². The molecule has 3 aliphatic rings. The summed E-state index contributed by atoms with van der Waals surface area (Å²) < 4.78 is 5.46. The summed E-state index contributed by atoms with van der Waals surface area (Å²) in [6.07, 6.45) is 4.67. The van der Waals surface area contributed by atoms with Crippen LogP contribution in [0, 0.1) is 11.8 Å². The zero-order valence-corrected chi connectivity index (χ0v) is 11.8. The van der Waals surface area contributed by atoms with Gasteiger partial charge >= 0.3 is 6.09 Å². The van der Waals surface area contributed by atoms with E-state index in [0.717, 1.165) is 6.54 Å². The number of nitrogens with two attached hydrogens (primary N) is 1. The number of fused-ring (bicyclic) bond motifs is 5. The number of nitrogens with zero attached hydrogens (tertiary/aromatic N) is 1. The van der Waals surface area contributed by atoms with Gasteiger partial charge in [0.05, 0.1) is 0 Å². The Morgan fingerprint density at radius 3 is 2.33 bits per heavy atom.